The molecular formula is C27H32F2N6O2. The van der Waals surface area contributed by atoms with Crippen LogP contribution in [0.2, 0.25) is 0 Å². The first-order chi connectivity index (χ1) is 17.6. The Morgan fingerprint density at radius 2 is 1.86 bits per heavy atom. The standard InChI is InChI=1S/C18H23N5O.C9H9F2NO/c1-18(2,24)17-20-10-13(11-21-17)12-5-6-14-15(9-12)23(4)16(22-14)7-8-19-3;1-12-6-7-3-2-4-8(5-7)13-9(10)11/h5-6,9-11,19,24H,7-8H2,1-4H3;2-6,9H,1H3. The van der Waals surface area contributed by atoms with E-state index in [1.54, 1.807) is 51.6 Å². The summed E-state index contributed by atoms with van der Waals surface area (Å²) in [4.78, 5) is 17.0. The maximum Gasteiger partial charge on any atom is 0.387 e. The second kappa shape index (κ2) is 12.5. The van der Waals surface area contributed by atoms with Gasteiger partial charge in [0.2, 0.25) is 0 Å². The number of nitrogens with zero attached hydrogens (tertiary/aromatic N) is 5. The van der Waals surface area contributed by atoms with Crippen molar-refractivity contribution in [3.8, 4) is 16.9 Å². The molecule has 0 radical (unpaired) electrons. The van der Waals surface area contributed by atoms with Gasteiger partial charge in [0.25, 0.3) is 0 Å². The molecule has 0 atom stereocenters. The number of aromatic nitrogens is 4. The van der Waals surface area contributed by atoms with Crippen LogP contribution in [0.5, 0.6) is 5.75 Å². The molecule has 0 unspecified atom stereocenters. The molecule has 0 bridgehead atoms. The summed E-state index contributed by atoms with van der Waals surface area (Å²) < 4.78 is 29.9. The number of aliphatic hydroxyl groups is 1. The molecule has 2 heterocycles. The number of fused-ring (bicyclic) bond motifs is 1. The number of imidazole rings is 1. The summed E-state index contributed by atoms with van der Waals surface area (Å²) >= 11 is 0. The van der Waals surface area contributed by atoms with Gasteiger partial charge in [-0.2, -0.15) is 8.78 Å². The number of nitrogens with one attached hydrogen (secondary N) is 1. The smallest absolute Gasteiger partial charge is 0.387 e. The van der Waals surface area contributed by atoms with Crippen LogP contribution in [-0.4, -0.2) is 58.1 Å². The van der Waals surface area contributed by atoms with E-state index in [9.17, 15) is 13.9 Å². The molecule has 4 aromatic rings. The Morgan fingerprint density at radius 1 is 1.14 bits per heavy atom. The zero-order valence-electron chi connectivity index (χ0n) is 21.6. The second-order valence-corrected chi connectivity index (χ2v) is 8.84. The summed E-state index contributed by atoms with van der Waals surface area (Å²) in [6, 6.07) is 12.5. The van der Waals surface area contributed by atoms with Gasteiger partial charge in [-0.15, -0.1) is 0 Å². The van der Waals surface area contributed by atoms with Crippen LogP contribution in [0.1, 0.15) is 31.1 Å². The van der Waals surface area contributed by atoms with Gasteiger partial charge in [0.15, 0.2) is 5.82 Å². The first-order valence-electron chi connectivity index (χ1n) is 11.7. The van der Waals surface area contributed by atoms with Crippen LogP contribution >= 0.6 is 0 Å². The van der Waals surface area contributed by atoms with Crippen LogP contribution in [-0.2, 0) is 19.1 Å². The van der Waals surface area contributed by atoms with Gasteiger partial charge in [0, 0.05) is 51.2 Å². The van der Waals surface area contributed by atoms with Crippen LogP contribution in [0, 0.1) is 0 Å². The molecule has 37 heavy (non-hydrogen) atoms. The molecule has 0 saturated carbocycles. The quantitative estimate of drug-likeness (QED) is 0.342. The fraction of sp³-hybridized carbons (Fsp3) is 0.333. The van der Waals surface area contributed by atoms with E-state index < -0.39 is 12.2 Å². The molecule has 0 spiro atoms. The highest BCUT2D eigenvalue weighted by atomic mass is 19.3. The van der Waals surface area contributed by atoms with Crippen molar-refractivity contribution in [2.45, 2.75) is 32.5 Å². The lowest BCUT2D eigenvalue weighted by Crippen LogP contribution is -2.19. The van der Waals surface area contributed by atoms with Crippen molar-refractivity contribution in [1.29, 1.82) is 0 Å². The zero-order chi connectivity index (χ0) is 27.0. The Hall–Kier alpha value is -3.76. The third-order valence-corrected chi connectivity index (χ3v) is 5.47. The Bertz CT molecular complexity index is 1330. The predicted molar refractivity (Wildman–Crippen MR) is 141 cm³/mol. The number of hydrogen-bond acceptors (Lipinski definition) is 7. The van der Waals surface area contributed by atoms with E-state index in [0.29, 0.717) is 5.82 Å². The zero-order valence-corrected chi connectivity index (χ0v) is 21.6. The normalized spacial score (nSPS) is 11.7. The molecule has 2 aromatic carbocycles. The van der Waals surface area contributed by atoms with E-state index in [0.717, 1.165) is 46.5 Å². The third kappa shape index (κ3) is 7.61. The number of ether oxygens (including phenoxy) is 1. The van der Waals surface area contributed by atoms with Gasteiger partial charge in [0.1, 0.15) is 17.2 Å². The summed E-state index contributed by atoms with van der Waals surface area (Å²) in [7, 11) is 5.59. The van der Waals surface area contributed by atoms with Gasteiger partial charge >= 0.3 is 6.61 Å². The van der Waals surface area contributed by atoms with E-state index in [1.807, 2.05) is 26.2 Å². The van der Waals surface area contributed by atoms with Crippen LogP contribution in [0.4, 0.5) is 8.78 Å². The molecule has 0 aliphatic heterocycles. The lowest BCUT2D eigenvalue weighted by molar-refractivity contribution is -0.0498. The second-order valence-electron chi connectivity index (χ2n) is 8.84. The Balaban J connectivity index is 0.000000248. The number of hydrogen-bond donors (Lipinski definition) is 2. The summed E-state index contributed by atoms with van der Waals surface area (Å²) in [6.07, 6.45) is 5.96. The van der Waals surface area contributed by atoms with E-state index >= 15 is 0 Å². The summed E-state index contributed by atoms with van der Waals surface area (Å²) in [6.45, 7) is 1.47. The van der Waals surface area contributed by atoms with Gasteiger partial charge in [-0.3, -0.25) is 4.99 Å². The number of benzene rings is 2. The average Bonchev–Trinajstić information content (AvgIpc) is 3.17. The lowest BCUT2D eigenvalue weighted by atomic mass is 10.1. The summed E-state index contributed by atoms with van der Waals surface area (Å²) in [5.41, 5.74) is 3.73. The largest absolute Gasteiger partial charge is 0.435 e. The maximum absolute atomic E-state index is 11.8. The number of aryl methyl sites for hydroxylation is 1. The van der Waals surface area contributed by atoms with Crippen molar-refractivity contribution in [3.05, 3.63) is 72.1 Å². The van der Waals surface area contributed by atoms with E-state index in [4.69, 9.17) is 0 Å². The fourth-order valence-electron chi connectivity index (χ4n) is 3.59. The molecule has 196 valence electrons. The monoisotopic (exact) mass is 510 g/mol. The van der Waals surface area contributed by atoms with E-state index in [1.165, 1.54) is 12.1 Å². The molecule has 0 saturated heterocycles. The SMILES string of the molecule is CN=Cc1cccc(OC(F)F)c1.CNCCc1nc2ccc(-c3cnc(C(C)(C)O)nc3)cc2n1C. The molecule has 2 aromatic heterocycles. The van der Waals surface area contributed by atoms with Gasteiger partial charge in [-0.05, 0) is 56.3 Å². The van der Waals surface area contributed by atoms with Crippen molar-refractivity contribution >= 4 is 17.2 Å². The Kier molecular flexibility index (Phi) is 9.37. The van der Waals surface area contributed by atoms with Crippen molar-refractivity contribution in [2.75, 3.05) is 20.6 Å². The van der Waals surface area contributed by atoms with Crippen LogP contribution in [0.3, 0.4) is 0 Å². The highest BCUT2D eigenvalue weighted by Gasteiger charge is 2.19. The summed E-state index contributed by atoms with van der Waals surface area (Å²) in [5.74, 6) is 1.62. The molecule has 8 nitrogen and oxygen atoms in total. The minimum Gasteiger partial charge on any atom is -0.435 e. The highest BCUT2D eigenvalue weighted by Crippen LogP contribution is 2.25. The fourth-order valence-corrected chi connectivity index (χ4v) is 3.59. The molecule has 2 N–H and O–H groups in total. The van der Waals surface area contributed by atoms with Gasteiger partial charge in [-0.1, -0.05) is 18.2 Å². The van der Waals surface area contributed by atoms with Crippen LogP contribution < -0.4 is 10.1 Å². The molecule has 10 heteroatoms. The van der Waals surface area contributed by atoms with Crippen molar-refractivity contribution in [2.24, 2.45) is 12.0 Å². The van der Waals surface area contributed by atoms with Crippen LogP contribution in [0.15, 0.2) is 59.9 Å². The Morgan fingerprint density at radius 3 is 2.49 bits per heavy atom. The van der Waals surface area contributed by atoms with Crippen LogP contribution in [0.25, 0.3) is 22.2 Å². The number of likely N-dealkylation sites (N-methyl/N-ethyl adjacent to an activating group) is 1. The average molecular weight is 511 g/mol. The topological polar surface area (TPSA) is 97.4 Å². The highest BCUT2D eigenvalue weighted by molar-refractivity contribution is 5.82. The first kappa shape index (κ1) is 27.8. The first-order valence-corrected chi connectivity index (χ1v) is 11.7. The van der Waals surface area contributed by atoms with Crippen molar-refractivity contribution in [3.63, 3.8) is 0 Å². The maximum atomic E-state index is 11.8. The molecule has 0 amide bonds. The van der Waals surface area contributed by atoms with E-state index in [-0.39, 0.29) is 5.75 Å². The lowest BCUT2D eigenvalue weighted by Gasteiger charge is -2.15. The van der Waals surface area contributed by atoms with E-state index in [2.05, 4.69) is 40.6 Å². The minimum absolute atomic E-state index is 0.146. The number of alkyl halides is 2. The number of aliphatic imine (C=N–C) groups is 1. The van der Waals surface area contributed by atoms with Gasteiger partial charge < -0.3 is 19.7 Å². The van der Waals surface area contributed by atoms with Crippen molar-refractivity contribution in [1.82, 2.24) is 24.8 Å². The number of rotatable bonds is 8. The minimum atomic E-state index is -2.78. The molecule has 0 aliphatic rings. The summed E-state index contributed by atoms with van der Waals surface area (Å²) in [5, 5.41) is 13.1. The molecular weight excluding hydrogens is 478 g/mol. The molecule has 0 aliphatic carbocycles. The number of halogens is 2. The van der Waals surface area contributed by atoms with Crippen molar-refractivity contribution < 1.29 is 18.6 Å². The predicted octanol–water partition coefficient (Wildman–Crippen LogP) is 4.36. The Labute approximate surface area is 215 Å². The van der Waals surface area contributed by atoms with Gasteiger partial charge in [0.05, 0.1) is 11.0 Å². The molecule has 0 fully saturated rings. The van der Waals surface area contributed by atoms with Gasteiger partial charge in [-0.25, -0.2) is 15.0 Å². The molecule has 4 rings (SSSR count). The third-order valence-electron chi connectivity index (χ3n) is 5.47.